The molecular formula is C20H17FN4O4. The molecule has 0 aliphatic carbocycles. The first-order valence-corrected chi connectivity index (χ1v) is 8.64. The van der Waals surface area contributed by atoms with Crippen molar-refractivity contribution in [2.24, 2.45) is 0 Å². The van der Waals surface area contributed by atoms with Crippen molar-refractivity contribution in [3.8, 4) is 11.3 Å². The number of rotatable bonds is 5. The van der Waals surface area contributed by atoms with Crippen LogP contribution in [0.3, 0.4) is 0 Å². The molecule has 0 radical (unpaired) electrons. The molecule has 0 atom stereocenters. The van der Waals surface area contributed by atoms with Crippen molar-refractivity contribution in [2.45, 2.75) is 20.4 Å². The standard InChI is InChI=1S/C20H17FN4O4/c1-12-3-5-15(13(2)9-12)17-7-8-20(27)24(23-17)11-19(26)22-14-4-6-16(21)18(10-14)25(28)29/h3-10H,11H2,1-2H3,(H,22,26). The predicted molar refractivity (Wildman–Crippen MR) is 105 cm³/mol. The average molecular weight is 396 g/mol. The number of carbonyl (C=O) groups excluding carboxylic acids is 1. The van der Waals surface area contributed by atoms with Gasteiger partial charge in [0.1, 0.15) is 6.54 Å². The predicted octanol–water partition coefficient (Wildman–Crippen LogP) is 3.21. The Morgan fingerprint density at radius 2 is 1.93 bits per heavy atom. The van der Waals surface area contributed by atoms with Gasteiger partial charge in [0, 0.05) is 23.4 Å². The number of benzene rings is 2. The number of amides is 1. The number of nitro benzene ring substituents is 1. The van der Waals surface area contributed by atoms with Crippen molar-refractivity contribution in [1.29, 1.82) is 0 Å². The first-order valence-electron chi connectivity index (χ1n) is 8.64. The van der Waals surface area contributed by atoms with Gasteiger partial charge >= 0.3 is 5.69 Å². The zero-order chi connectivity index (χ0) is 21.1. The topological polar surface area (TPSA) is 107 Å². The number of aryl methyl sites for hydroxylation is 2. The summed E-state index contributed by atoms with van der Waals surface area (Å²) >= 11 is 0. The minimum Gasteiger partial charge on any atom is -0.324 e. The molecule has 1 heterocycles. The van der Waals surface area contributed by atoms with Gasteiger partial charge in [-0.1, -0.05) is 23.8 Å². The van der Waals surface area contributed by atoms with Crippen LogP contribution < -0.4 is 10.9 Å². The Balaban J connectivity index is 1.83. The largest absolute Gasteiger partial charge is 0.324 e. The zero-order valence-corrected chi connectivity index (χ0v) is 15.7. The van der Waals surface area contributed by atoms with Gasteiger partial charge in [0.05, 0.1) is 10.6 Å². The number of hydrogen-bond acceptors (Lipinski definition) is 5. The van der Waals surface area contributed by atoms with E-state index in [0.29, 0.717) is 5.69 Å². The maximum absolute atomic E-state index is 13.4. The normalized spacial score (nSPS) is 10.6. The van der Waals surface area contributed by atoms with Gasteiger partial charge in [-0.25, -0.2) is 4.68 Å². The molecule has 8 nitrogen and oxygen atoms in total. The lowest BCUT2D eigenvalue weighted by Gasteiger charge is -2.10. The Kier molecular flexibility index (Phi) is 5.49. The van der Waals surface area contributed by atoms with E-state index in [4.69, 9.17) is 0 Å². The first kappa shape index (κ1) is 19.9. The lowest BCUT2D eigenvalue weighted by Crippen LogP contribution is -2.29. The molecule has 29 heavy (non-hydrogen) atoms. The van der Waals surface area contributed by atoms with E-state index in [2.05, 4.69) is 10.4 Å². The summed E-state index contributed by atoms with van der Waals surface area (Å²) in [5, 5.41) is 17.5. The van der Waals surface area contributed by atoms with Crippen molar-refractivity contribution < 1.29 is 14.1 Å². The smallest absolute Gasteiger partial charge is 0.306 e. The molecule has 0 bridgehead atoms. The third-order valence-corrected chi connectivity index (χ3v) is 4.24. The van der Waals surface area contributed by atoms with Crippen molar-refractivity contribution in [3.05, 3.63) is 85.9 Å². The van der Waals surface area contributed by atoms with E-state index in [1.807, 2.05) is 32.0 Å². The summed E-state index contributed by atoms with van der Waals surface area (Å²) in [6, 6.07) is 11.7. The second-order valence-corrected chi connectivity index (χ2v) is 6.50. The minimum atomic E-state index is -1.01. The van der Waals surface area contributed by atoms with Crippen LogP contribution in [0.5, 0.6) is 0 Å². The number of aromatic nitrogens is 2. The van der Waals surface area contributed by atoms with Gasteiger partial charge in [-0.2, -0.15) is 9.49 Å². The zero-order valence-electron chi connectivity index (χ0n) is 15.7. The highest BCUT2D eigenvalue weighted by molar-refractivity contribution is 5.90. The number of halogens is 1. The van der Waals surface area contributed by atoms with Crippen LogP contribution in [0.4, 0.5) is 15.8 Å². The molecule has 3 aromatic rings. The summed E-state index contributed by atoms with van der Waals surface area (Å²) in [5.41, 5.74) is 2.25. The molecule has 0 aliphatic rings. The molecule has 0 unspecified atom stereocenters. The quantitative estimate of drug-likeness (QED) is 0.526. The average Bonchev–Trinajstić information content (AvgIpc) is 2.65. The highest BCUT2D eigenvalue weighted by atomic mass is 19.1. The molecule has 148 valence electrons. The number of nitrogens with zero attached hydrogens (tertiary/aromatic N) is 3. The van der Waals surface area contributed by atoms with Crippen LogP contribution in [0.15, 0.2) is 53.3 Å². The maximum Gasteiger partial charge on any atom is 0.306 e. The van der Waals surface area contributed by atoms with Crippen LogP contribution in [0.1, 0.15) is 11.1 Å². The van der Waals surface area contributed by atoms with Gasteiger partial charge < -0.3 is 5.32 Å². The van der Waals surface area contributed by atoms with Crippen molar-refractivity contribution in [3.63, 3.8) is 0 Å². The van der Waals surface area contributed by atoms with E-state index in [-0.39, 0.29) is 5.69 Å². The van der Waals surface area contributed by atoms with E-state index in [1.54, 1.807) is 6.07 Å². The monoisotopic (exact) mass is 396 g/mol. The Morgan fingerprint density at radius 1 is 1.17 bits per heavy atom. The summed E-state index contributed by atoms with van der Waals surface area (Å²) in [5.74, 6) is -1.63. The molecule has 0 saturated carbocycles. The molecule has 3 rings (SSSR count). The number of hydrogen-bond donors (Lipinski definition) is 1. The molecule has 1 aromatic heterocycles. The number of carbonyl (C=O) groups is 1. The highest BCUT2D eigenvalue weighted by Gasteiger charge is 2.16. The number of anilines is 1. The Hall–Kier alpha value is -3.88. The van der Waals surface area contributed by atoms with Crippen LogP contribution in [0.2, 0.25) is 0 Å². The molecule has 0 saturated heterocycles. The van der Waals surface area contributed by atoms with Crippen molar-refractivity contribution in [1.82, 2.24) is 9.78 Å². The molecular weight excluding hydrogens is 379 g/mol. The van der Waals surface area contributed by atoms with Crippen LogP contribution >= 0.6 is 0 Å². The lowest BCUT2D eigenvalue weighted by atomic mass is 10.0. The van der Waals surface area contributed by atoms with E-state index >= 15 is 0 Å². The summed E-state index contributed by atoms with van der Waals surface area (Å²) in [6.07, 6.45) is 0. The fourth-order valence-electron chi connectivity index (χ4n) is 2.87. The third kappa shape index (κ3) is 4.52. The Bertz CT molecular complexity index is 1170. The van der Waals surface area contributed by atoms with E-state index in [1.165, 1.54) is 12.1 Å². The molecule has 2 aromatic carbocycles. The SMILES string of the molecule is Cc1ccc(-c2ccc(=O)n(CC(=O)Nc3ccc(F)c([N+](=O)[O-])c3)n2)c(C)c1. The lowest BCUT2D eigenvalue weighted by molar-refractivity contribution is -0.387. The summed E-state index contributed by atoms with van der Waals surface area (Å²) in [4.78, 5) is 34.3. The molecule has 0 spiro atoms. The van der Waals surface area contributed by atoms with Crippen LogP contribution in [-0.4, -0.2) is 20.6 Å². The first-order chi connectivity index (χ1) is 13.7. The summed E-state index contributed by atoms with van der Waals surface area (Å²) in [6.45, 7) is 3.49. The van der Waals surface area contributed by atoms with Crippen molar-refractivity contribution in [2.75, 3.05) is 5.32 Å². The van der Waals surface area contributed by atoms with Gasteiger partial charge in [-0.05, 0) is 37.6 Å². The summed E-state index contributed by atoms with van der Waals surface area (Å²) < 4.78 is 14.4. The summed E-state index contributed by atoms with van der Waals surface area (Å²) in [7, 11) is 0. The second-order valence-electron chi connectivity index (χ2n) is 6.50. The fourth-order valence-corrected chi connectivity index (χ4v) is 2.87. The fraction of sp³-hybridized carbons (Fsp3) is 0.150. The van der Waals surface area contributed by atoms with Crippen LogP contribution in [0.25, 0.3) is 11.3 Å². The molecule has 1 N–H and O–H groups in total. The van der Waals surface area contributed by atoms with Gasteiger partial charge in [-0.3, -0.25) is 19.7 Å². The number of nitro groups is 1. The molecule has 0 aliphatic heterocycles. The van der Waals surface area contributed by atoms with E-state index < -0.39 is 34.4 Å². The van der Waals surface area contributed by atoms with Gasteiger partial charge in [0.2, 0.25) is 11.7 Å². The molecule has 9 heteroatoms. The second kappa shape index (κ2) is 8.01. The van der Waals surface area contributed by atoms with Crippen LogP contribution in [-0.2, 0) is 11.3 Å². The van der Waals surface area contributed by atoms with Gasteiger partial charge in [0.15, 0.2) is 0 Å². The molecule has 1 amide bonds. The van der Waals surface area contributed by atoms with E-state index in [9.17, 15) is 24.1 Å². The third-order valence-electron chi connectivity index (χ3n) is 4.24. The van der Waals surface area contributed by atoms with Gasteiger partial charge in [0.25, 0.3) is 5.56 Å². The minimum absolute atomic E-state index is 0.0432. The van der Waals surface area contributed by atoms with Gasteiger partial charge in [-0.15, -0.1) is 0 Å². The van der Waals surface area contributed by atoms with Crippen LogP contribution in [0, 0.1) is 29.8 Å². The maximum atomic E-state index is 13.4. The number of nitrogens with one attached hydrogen (secondary N) is 1. The Morgan fingerprint density at radius 3 is 2.62 bits per heavy atom. The van der Waals surface area contributed by atoms with E-state index in [0.717, 1.165) is 33.5 Å². The molecule has 0 fully saturated rings. The Labute approximate surface area is 164 Å². The van der Waals surface area contributed by atoms with Crippen molar-refractivity contribution >= 4 is 17.3 Å². The highest BCUT2D eigenvalue weighted by Crippen LogP contribution is 2.22.